The standard InChI is InChI=1S/C11H10F2N4O/c1-17-5-7(14)10(16-17)11(18)15-8-4-2-3-6(12)9(8)13/h2-5H,14H2,1H3,(H,15,18). The number of aryl methyl sites for hydroxylation is 1. The first-order valence-corrected chi connectivity index (χ1v) is 5.03. The van der Waals surface area contributed by atoms with Gasteiger partial charge < -0.3 is 11.1 Å². The summed E-state index contributed by atoms with van der Waals surface area (Å²) in [6.07, 6.45) is 1.44. The average molecular weight is 252 g/mol. The Hall–Kier alpha value is -2.44. The number of aromatic nitrogens is 2. The maximum absolute atomic E-state index is 13.3. The molecule has 1 heterocycles. The predicted molar refractivity (Wildman–Crippen MR) is 61.9 cm³/mol. The third-order valence-electron chi connectivity index (χ3n) is 2.27. The van der Waals surface area contributed by atoms with Gasteiger partial charge in [-0.05, 0) is 12.1 Å². The lowest BCUT2D eigenvalue weighted by Crippen LogP contribution is -2.15. The van der Waals surface area contributed by atoms with Crippen molar-refractivity contribution in [3.05, 3.63) is 41.7 Å². The molecule has 1 amide bonds. The highest BCUT2D eigenvalue weighted by Crippen LogP contribution is 2.18. The fourth-order valence-electron chi connectivity index (χ4n) is 1.47. The minimum absolute atomic E-state index is 0.0406. The summed E-state index contributed by atoms with van der Waals surface area (Å²) in [5, 5.41) is 6.03. The Morgan fingerprint density at radius 2 is 2.17 bits per heavy atom. The van der Waals surface area contributed by atoms with E-state index in [1.807, 2.05) is 0 Å². The van der Waals surface area contributed by atoms with Gasteiger partial charge in [0.25, 0.3) is 5.91 Å². The largest absolute Gasteiger partial charge is 0.396 e. The number of rotatable bonds is 2. The molecule has 0 bridgehead atoms. The van der Waals surface area contributed by atoms with Crippen molar-refractivity contribution >= 4 is 17.3 Å². The Balaban J connectivity index is 2.27. The number of nitrogen functional groups attached to an aromatic ring is 1. The lowest BCUT2D eigenvalue weighted by molar-refractivity contribution is 0.102. The monoisotopic (exact) mass is 252 g/mol. The van der Waals surface area contributed by atoms with E-state index in [0.717, 1.165) is 6.07 Å². The molecule has 0 aliphatic heterocycles. The lowest BCUT2D eigenvalue weighted by Gasteiger charge is -2.05. The molecular weight excluding hydrogens is 242 g/mol. The highest BCUT2D eigenvalue weighted by molar-refractivity contribution is 6.06. The summed E-state index contributed by atoms with van der Waals surface area (Å²) in [6, 6.07) is 3.49. The summed E-state index contributed by atoms with van der Waals surface area (Å²) < 4.78 is 27.6. The van der Waals surface area contributed by atoms with Crippen LogP contribution in [0.5, 0.6) is 0 Å². The lowest BCUT2D eigenvalue weighted by atomic mass is 10.2. The van der Waals surface area contributed by atoms with E-state index in [9.17, 15) is 13.6 Å². The van der Waals surface area contributed by atoms with Crippen molar-refractivity contribution in [1.29, 1.82) is 0 Å². The van der Waals surface area contributed by atoms with Gasteiger partial charge in [0.15, 0.2) is 17.3 Å². The van der Waals surface area contributed by atoms with Crippen LogP contribution in [0, 0.1) is 11.6 Å². The van der Waals surface area contributed by atoms with Gasteiger partial charge in [0.1, 0.15) is 0 Å². The number of carbonyl (C=O) groups excluding carboxylic acids is 1. The SMILES string of the molecule is Cn1cc(N)c(C(=O)Nc2cccc(F)c2F)n1. The number of carbonyl (C=O) groups is 1. The van der Waals surface area contributed by atoms with Gasteiger partial charge in [-0.15, -0.1) is 0 Å². The van der Waals surface area contributed by atoms with E-state index in [0.29, 0.717) is 0 Å². The van der Waals surface area contributed by atoms with Gasteiger partial charge >= 0.3 is 0 Å². The van der Waals surface area contributed by atoms with Crippen molar-refractivity contribution in [2.45, 2.75) is 0 Å². The number of nitrogens with one attached hydrogen (secondary N) is 1. The molecule has 3 N–H and O–H groups in total. The molecule has 94 valence electrons. The maximum atomic E-state index is 13.3. The molecule has 0 unspecified atom stereocenters. The molecule has 0 fully saturated rings. The zero-order chi connectivity index (χ0) is 13.3. The maximum Gasteiger partial charge on any atom is 0.278 e. The molecule has 0 aliphatic carbocycles. The molecule has 2 rings (SSSR count). The summed E-state index contributed by atoms with van der Waals surface area (Å²) >= 11 is 0. The highest BCUT2D eigenvalue weighted by atomic mass is 19.2. The first-order valence-electron chi connectivity index (χ1n) is 5.03. The molecule has 18 heavy (non-hydrogen) atoms. The smallest absolute Gasteiger partial charge is 0.278 e. The molecule has 0 aliphatic rings. The number of anilines is 2. The fraction of sp³-hybridized carbons (Fsp3) is 0.0909. The van der Waals surface area contributed by atoms with Crippen LogP contribution < -0.4 is 11.1 Å². The normalized spacial score (nSPS) is 10.4. The summed E-state index contributed by atoms with van der Waals surface area (Å²) in [4.78, 5) is 11.8. The van der Waals surface area contributed by atoms with Gasteiger partial charge in [-0.3, -0.25) is 9.48 Å². The highest BCUT2D eigenvalue weighted by Gasteiger charge is 2.16. The van der Waals surface area contributed by atoms with Gasteiger partial charge in [-0.25, -0.2) is 8.78 Å². The number of amides is 1. The third-order valence-corrected chi connectivity index (χ3v) is 2.27. The van der Waals surface area contributed by atoms with E-state index >= 15 is 0 Å². The molecule has 0 saturated heterocycles. The number of halogens is 2. The Morgan fingerprint density at radius 1 is 1.44 bits per heavy atom. The van der Waals surface area contributed by atoms with Crippen molar-refractivity contribution in [2.75, 3.05) is 11.1 Å². The Kier molecular flexibility index (Phi) is 2.97. The van der Waals surface area contributed by atoms with E-state index in [1.54, 1.807) is 7.05 Å². The third kappa shape index (κ3) is 2.15. The van der Waals surface area contributed by atoms with Crippen molar-refractivity contribution in [3.8, 4) is 0 Å². The second-order valence-electron chi connectivity index (χ2n) is 3.66. The minimum atomic E-state index is -1.12. The average Bonchev–Trinajstić information content (AvgIpc) is 2.64. The van der Waals surface area contributed by atoms with Gasteiger partial charge in [-0.1, -0.05) is 6.07 Å². The first-order chi connectivity index (χ1) is 8.49. The second kappa shape index (κ2) is 4.44. The summed E-state index contributed by atoms with van der Waals surface area (Å²) in [5.74, 6) is -2.86. The van der Waals surface area contributed by atoms with Crippen LogP contribution in [-0.4, -0.2) is 15.7 Å². The van der Waals surface area contributed by atoms with Crippen molar-refractivity contribution in [2.24, 2.45) is 7.05 Å². The van der Waals surface area contributed by atoms with Crippen LogP contribution in [0.25, 0.3) is 0 Å². The summed E-state index contributed by atoms with van der Waals surface area (Å²) in [7, 11) is 1.59. The van der Waals surface area contributed by atoms with Crippen LogP contribution >= 0.6 is 0 Å². The predicted octanol–water partition coefficient (Wildman–Crippen LogP) is 1.53. The quantitative estimate of drug-likeness (QED) is 0.851. The van der Waals surface area contributed by atoms with Gasteiger partial charge in [0.05, 0.1) is 11.4 Å². The summed E-state index contributed by atoms with van der Waals surface area (Å²) in [6.45, 7) is 0. The number of hydrogen-bond donors (Lipinski definition) is 2. The molecular formula is C11H10F2N4O. The topological polar surface area (TPSA) is 72.9 Å². The molecule has 2 aromatic rings. The fourth-order valence-corrected chi connectivity index (χ4v) is 1.47. The number of nitrogens with two attached hydrogens (primary N) is 1. The Bertz CT molecular complexity index is 609. The zero-order valence-corrected chi connectivity index (χ0v) is 9.45. The molecule has 0 saturated carbocycles. The van der Waals surface area contributed by atoms with Crippen LogP contribution in [0.15, 0.2) is 24.4 Å². The van der Waals surface area contributed by atoms with Gasteiger partial charge in [0, 0.05) is 13.2 Å². The van der Waals surface area contributed by atoms with Crippen molar-refractivity contribution in [1.82, 2.24) is 9.78 Å². The Labute approximate surface area is 101 Å². The van der Waals surface area contributed by atoms with Crippen LogP contribution in [0.4, 0.5) is 20.2 Å². The Morgan fingerprint density at radius 3 is 2.78 bits per heavy atom. The molecule has 5 nitrogen and oxygen atoms in total. The van der Waals surface area contributed by atoms with E-state index in [2.05, 4.69) is 10.4 Å². The van der Waals surface area contributed by atoms with Gasteiger partial charge in [-0.2, -0.15) is 5.10 Å². The van der Waals surface area contributed by atoms with E-state index in [4.69, 9.17) is 5.73 Å². The molecule has 0 spiro atoms. The minimum Gasteiger partial charge on any atom is -0.396 e. The molecule has 1 aromatic carbocycles. The second-order valence-corrected chi connectivity index (χ2v) is 3.66. The van der Waals surface area contributed by atoms with Crippen LogP contribution in [0.2, 0.25) is 0 Å². The van der Waals surface area contributed by atoms with E-state index in [-0.39, 0.29) is 17.1 Å². The van der Waals surface area contributed by atoms with Crippen LogP contribution in [0.3, 0.4) is 0 Å². The van der Waals surface area contributed by atoms with Crippen molar-refractivity contribution < 1.29 is 13.6 Å². The van der Waals surface area contributed by atoms with E-state index < -0.39 is 17.5 Å². The number of benzene rings is 1. The molecule has 1 aromatic heterocycles. The number of nitrogens with zero attached hydrogens (tertiary/aromatic N) is 2. The first kappa shape index (κ1) is 12.0. The summed E-state index contributed by atoms with van der Waals surface area (Å²) in [5.41, 5.74) is 5.41. The molecule has 0 atom stereocenters. The zero-order valence-electron chi connectivity index (χ0n) is 9.45. The van der Waals surface area contributed by atoms with Crippen LogP contribution in [0.1, 0.15) is 10.5 Å². The molecule has 7 heteroatoms. The number of hydrogen-bond acceptors (Lipinski definition) is 3. The molecule has 0 radical (unpaired) electrons. The van der Waals surface area contributed by atoms with Crippen LogP contribution in [-0.2, 0) is 7.05 Å². The van der Waals surface area contributed by atoms with E-state index in [1.165, 1.54) is 23.0 Å². The van der Waals surface area contributed by atoms with Gasteiger partial charge in [0.2, 0.25) is 0 Å². The van der Waals surface area contributed by atoms with Crippen molar-refractivity contribution in [3.63, 3.8) is 0 Å².